The second kappa shape index (κ2) is 3.12. The summed E-state index contributed by atoms with van der Waals surface area (Å²) in [6.07, 6.45) is 4.35. The smallest absolute Gasteiger partial charge is 0.220 e. The number of guanidine groups is 1. The van der Waals surface area contributed by atoms with Crippen LogP contribution in [0.3, 0.4) is 0 Å². The standard InChI is InChI=1S/C6H10N4/c7-3-1-2-5-4-9-6(8)10-5/h2,4H,1,3,7H2,(H2,8,10)/b5-2-. The Morgan fingerprint density at radius 3 is 2.90 bits per heavy atom. The minimum atomic E-state index is 0.322. The van der Waals surface area contributed by atoms with Crippen molar-refractivity contribution in [1.29, 1.82) is 0 Å². The molecule has 4 nitrogen and oxygen atoms in total. The van der Waals surface area contributed by atoms with E-state index in [0.29, 0.717) is 12.5 Å². The Morgan fingerprint density at radius 2 is 2.40 bits per heavy atom. The van der Waals surface area contributed by atoms with Crippen molar-refractivity contribution < 1.29 is 0 Å². The summed E-state index contributed by atoms with van der Waals surface area (Å²) >= 11 is 0. The van der Waals surface area contributed by atoms with Gasteiger partial charge in [0.05, 0.1) is 11.9 Å². The third-order valence-electron chi connectivity index (χ3n) is 1.09. The van der Waals surface area contributed by atoms with E-state index in [1.54, 1.807) is 6.21 Å². The molecule has 4 N–H and O–H groups in total. The second-order valence-electron chi connectivity index (χ2n) is 1.93. The summed E-state index contributed by atoms with van der Waals surface area (Å²) in [6, 6.07) is 0. The Morgan fingerprint density at radius 1 is 1.60 bits per heavy atom. The zero-order valence-corrected chi connectivity index (χ0v) is 5.62. The fourth-order valence-electron chi connectivity index (χ4n) is 0.652. The fourth-order valence-corrected chi connectivity index (χ4v) is 0.652. The topological polar surface area (TPSA) is 76.8 Å². The molecule has 0 bridgehead atoms. The molecule has 0 atom stereocenters. The highest BCUT2D eigenvalue weighted by Crippen LogP contribution is 2.00. The summed E-state index contributed by atoms with van der Waals surface area (Å²) in [5, 5.41) is 0. The summed E-state index contributed by atoms with van der Waals surface area (Å²) in [5.41, 5.74) is 11.4. The first-order valence-corrected chi connectivity index (χ1v) is 3.11. The van der Waals surface area contributed by atoms with Gasteiger partial charge >= 0.3 is 0 Å². The molecule has 0 saturated carbocycles. The Hall–Kier alpha value is -1.16. The molecule has 0 aromatic carbocycles. The van der Waals surface area contributed by atoms with Crippen LogP contribution in [0.4, 0.5) is 0 Å². The molecule has 0 radical (unpaired) electrons. The van der Waals surface area contributed by atoms with Crippen LogP contribution in [0, 0.1) is 0 Å². The SMILES string of the molecule is NCC/C=C1/C=NC(N)=N1. The van der Waals surface area contributed by atoms with Gasteiger partial charge in [0.2, 0.25) is 5.96 Å². The lowest BCUT2D eigenvalue weighted by molar-refractivity contribution is 1.00. The maximum Gasteiger partial charge on any atom is 0.220 e. The molecule has 1 heterocycles. The second-order valence-corrected chi connectivity index (χ2v) is 1.93. The lowest BCUT2D eigenvalue weighted by Crippen LogP contribution is -2.03. The van der Waals surface area contributed by atoms with Crippen LogP contribution >= 0.6 is 0 Å². The highest BCUT2D eigenvalue weighted by molar-refractivity contribution is 5.99. The molecule has 1 aliphatic heterocycles. The quantitative estimate of drug-likeness (QED) is 0.545. The van der Waals surface area contributed by atoms with E-state index in [4.69, 9.17) is 11.5 Å². The molecule has 0 amide bonds. The van der Waals surface area contributed by atoms with E-state index >= 15 is 0 Å². The molecule has 1 rings (SSSR count). The van der Waals surface area contributed by atoms with Crippen LogP contribution in [-0.4, -0.2) is 18.7 Å². The van der Waals surface area contributed by atoms with Crippen molar-refractivity contribution in [1.82, 2.24) is 0 Å². The Kier molecular flexibility index (Phi) is 2.17. The fraction of sp³-hybridized carbons (Fsp3) is 0.333. The van der Waals surface area contributed by atoms with Gasteiger partial charge in [0.25, 0.3) is 0 Å². The van der Waals surface area contributed by atoms with E-state index in [2.05, 4.69) is 9.98 Å². The summed E-state index contributed by atoms with van der Waals surface area (Å²) in [7, 11) is 0. The van der Waals surface area contributed by atoms with Crippen LogP contribution in [0.1, 0.15) is 6.42 Å². The van der Waals surface area contributed by atoms with Gasteiger partial charge in [0.1, 0.15) is 0 Å². The molecule has 0 spiro atoms. The zero-order valence-electron chi connectivity index (χ0n) is 5.62. The van der Waals surface area contributed by atoms with E-state index in [9.17, 15) is 0 Å². The summed E-state index contributed by atoms with van der Waals surface area (Å²) in [4.78, 5) is 7.67. The molecule has 0 fully saturated rings. The largest absolute Gasteiger partial charge is 0.368 e. The highest BCUT2D eigenvalue weighted by atomic mass is 15.1. The summed E-state index contributed by atoms with van der Waals surface area (Å²) in [6.45, 7) is 0.632. The molecule has 0 saturated heterocycles. The monoisotopic (exact) mass is 138 g/mol. The third-order valence-corrected chi connectivity index (χ3v) is 1.09. The van der Waals surface area contributed by atoms with Crippen LogP contribution in [-0.2, 0) is 0 Å². The Bertz CT molecular complexity index is 202. The van der Waals surface area contributed by atoms with Gasteiger partial charge in [-0.05, 0) is 13.0 Å². The van der Waals surface area contributed by atoms with Crippen LogP contribution in [0.2, 0.25) is 0 Å². The molecule has 1 aliphatic rings. The van der Waals surface area contributed by atoms with Crippen molar-refractivity contribution in [3.8, 4) is 0 Å². The van der Waals surface area contributed by atoms with Crippen molar-refractivity contribution in [2.45, 2.75) is 6.42 Å². The van der Waals surface area contributed by atoms with E-state index < -0.39 is 0 Å². The number of nitrogens with two attached hydrogens (primary N) is 2. The number of hydrogen-bond donors (Lipinski definition) is 2. The summed E-state index contributed by atoms with van der Waals surface area (Å²) < 4.78 is 0. The van der Waals surface area contributed by atoms with Crippen molar-refractivity contribution in [2.75, 3.05) is 6.54 Å². The lowest BCUT2D eigenvalue weighted by Gasteiger charge is -1.85. The van der Waals surface area contributed by atoms with E-state index in [-0.39, 0.29) is 0 Å². The zero-order chi connectivity index (χ0) is 7.40. The molecule has 0 aliphatic carbocycles. The van der Waals surface area contributed by atoms with Crippen molar-refractivity contribution >= 4 is 12.2 Å². The van der Waals surface area contributed by atoms with E-state index in [1.807, 2.05) is 6.08 Å². The van der Waals surface area contributed by atoms with Gasteiger partial charge in [-0.3, -0.25) is 0 Å². The molecule has 0 aromatic rings. The molecule has 10 heavy (non-hydrogen) atoms. The lowest BCUT2D eigenvalue weighted by atomic mass is 10.3. The van der Waals surface area contributed by atoms with Gasteiger partial charge in [-0.1, -0.05) is 6.08 Å². The van der Waals surface area contributed by atoms with Crippen molar-refractivity contribution in [3.05, 3.63) is 11.8 Å². The predicted molar refractivity (Wildman–Crippen MR) is 41.9 cm³/mol. The number of rotatable bonds is 2. The Balaban J connectivity index is 2.53. The number of nitrogens with zero attached hydrogens (tertiary/aromatic N) is 2. The van der Waals surface area contributed by atoms with Crippen LogP contribution in [0.5, 0.6) is 0 Å². The van der Waals surface area contributed by atoms with Gasteiger partial charge in [-0.25, -0.2) is 9.98 Å². The first-order valence-electron chi connectivity index (χ1n) is 3.11. The molecule has 54 valence electrons. The number of allylic oxidation sites excluding steroid dienone is 1. The average molecular weight is 138 g/mol. The van der Waals surface area contributed by atoms with Gasteiger partial charge in [-0.2, -0.15) is 0 Å². The van der Waals surface area contributed by atoms with Gasteiger partial charge in [-0.15, -0.1) is 0 Å². The average Bonchev–Trinajstić information content (AvgIpc) is 2.31. The van der Waals surface area contributed by atoms with Crippen molar-refractivity contribution in [2.24, 2.45) is 21.5 Å². The first kappa shape index (κ1) is 6.95. The van der Waals surface area contributed by atoms with E-state index in [0.717, 1.165) is 12.1 Å². The van der Waals surface area contributed by atoms with Gasteiger partial charge in [0.15, 0.2) is 0 Å². The number of aliphatic imine (C=N–C) groups is 2. The third kappa shape index (κ3) is 1.66. The predicted octanol–water partition coefficient (Wildman–Crippen LogP) is -0.382. The minimum Gasteiger partial charge on any atom is -0.368 e. The number of hydrogen-bond acceptors (Lipinski definition) is 4. The summed E-state index contributed by atoms with van der Waals surface area (Å²) in [5.74, 6) is 0.322. The molecule has 4 heteroatoms. The molecular weight excluding hydrogens is 128 g/mol. The highest BCUT2D eigenvalue weighted by Gasteiger charge is 1.98. The van der Waals surface area contributed by atoms with Gasteiger partial charge in [0, 0.05) is 0 Å². The van der Waals surface area contributed by atoms with Gasteiger partial charge < -0.3 is 11.5 Å². The molecule has 0 aromatic heterocycles. The first-order chi connectivity index (χ1) is 4.83. The molecule has 0 unspecified atom stereocenters. The maximum atomic E-state index is 5.28. The molecular formula is C6H10N4. The maximum absolute atomic E-state index is 5.28. The van der Waals surface area contributed by atoms with Crippen LogP contribution in [0.15, 0.2) is 21.8 Å². The van der Waals surface area contributed by atoms with E-state index in [1.165, 1.54) is 0 Å². The van der Waals surface area contributed by atoms with Crippen LogP contribution < -0.4 is 11.5 Å². The Labute approximate surface area is 59.3 Å². The van der Waals surface area contributed by atoms with Crippen LogP contribution in [0.25, 0.3) is 0 Å². The normalized spacial score (nSPS) is 20.1. The minimum absolute atomic E-state index is 0.322. The van der Waals surface area contributed by atoms with Crippen molar-refractivity contribution in [3.63, 3.8) is 0 Å².